The van der Waals surface area contributed by atoms with E-state index in [4.69, 9.17) is 22.2 Å². The molecule has 1 atom stereocenters. The van der Waals surface area contributed by atoms with Gasteiger partial charge in [-0.25, -0.2) is 0 Å². The molecule has 4 heteroatoms. The third kappa shape index (κ3) is 3.45. The van der Waals surface area contributed by atoms with E-state index in [-0.39, 0.29) is 6.04 Å². The van der Waals surface area contributed by atoms with Crippen molar-refractivity contribution >= 4 is 11.6 Å². The van der Waals surface area contributed by atoms with Crippen molar-refractivity contribution in [2.45, 2.75) is 32.2 Å². The van der Waals surface area contributed by atoms with Crippen molar-refractivity contribution in [1.82, 2.24) is 5.43 Å². The first kappa shape index (κ1) is 13.8. The minimum Gasteiger partial charge on any atom is -0.381 e. The molecule has 1 aromatic carbocycles. The van der Waals surface area contributed by atoms with E-state index in [0.29, 0.717) is 5.92 Å². The van der Waals surface area contributed by atoms with Crippen LogP contribution in [0, 0.1) is 12.8 Å². The molecule has 1 fully saturated rings. The first-order valence-electron chi connectivity index (χ1n) is 6.50. The second kappa shape index (κ2) is 6.53. The molecule has 1 aliphatic heterocycles. The van der Waals surface area contributed by atoms with Crippen LogP contribution in [0.15, 0.2) is 18.2 Å². The number of hydrogen-bond donors (Lipinski definition) is 2. The quantitative estimate of drug-likeness (QED) is 0.652. The highest BCUT2D eigenvalue weighted by atomic mass is 35.5. The van der Waals surface area contributed by atoms with Crippen molar-refractivity contribution in [2.75, 3.05) is 13.2 Å². The molecule has 1 aliphatic rings. The third-order valence-corrected chi connectivity index (χ3v) is 3.96. The average molecular weight is 269 g/mol. The Morgan fingerprint density at radius 3 is 2.83 bits per heavy atom. The van der Waals surface area contributed by atoms with Crippen LogP contribution in [0.2, 0.25) is 5.02 Å². The summed E-state index contributed by atoms with van der Waals surface area (Å²) in [5.74, 6) is 6.40. The van der Waals surface area contributed by atoms with E-state index in [0.717, 1.165) is 37.5 Å². The molecule has 1 saturated heterocycles. The highest BCUT2D eigenvalue weighted by Crippen LogP contribution is 2.30. The molecule has 1 unspecified atom stereocenters. The molecule has 0 radical (unpaired) electrons. The van der Waals surface area contributed by atoms with Gasteiger partial charge in [-0.05, 0) is 55.4 Å². The summed E-state index contributed by atoms with van der Waals surface area (Å²) in [5.41, 5.74) is 5.37. The van der Waals surface area contributed by atoms with Gasteiger partial charge in [-0.15, -0.1) is 0 Å². The lowest BCUT2D eigenvalue weighted by atomic mass is 9.88. The van der Waals surface area contributed by atoms with Crippen molar-refractivity contribution < 1.29 is 4.74 Å². The van der Waals surface area contributed by atoms with Crippen LogP contribution in [0.4, 0.5) is 0 Å². The Labute approximate surface area is 114 Å². The van der Waals surface area contributed by atoms with Gasteiger partial charge < -0.3 is 4.74 Å². The van der Waals surface area contributed by atoms with Crippen molar-refractivity contribution in [3.05, 3.63) is 34.3 Å². The predicted molar refractivity (Wildman–Crippen MR) is 74.4 cm³/mol. The van der Waals surface area contributed by atoms with Crippen LogP contribution < -0.4 is 11.3 Å². The summed E-state index contributed by atoms with van der Waals surface area (Å²) in [6.45, 7) is 3.84. The number of nitrogens with two attached hydrogens (primary N) is 1. The van der Waals surface area contributed by atoms with Crippen molar-refractivity contribution in [3.8, 4) is 0 Å². The van der Waals surface area contributed by atoms with E-state index in [1.807, 2.05) is 18.2 Å². The van der Waals surface area contributed by atoms with E-state index in [1.54, 1.807) is 0 Å². The lowest BCUT2D eigenvalue weighted by Crippen LogP contribution is -2.31. The molecular formula is C14H21ClN2O. The predicted octanol–water partition coefficient (Wildman–Crippen LogP) is 2.97. The number of halogens is 1. The van der Waals surface area contributed by atoms with Gasteiger partial charge >= 0.3 is 0 Å². The molecular weight excluding hydrogens is 248 g/mol. The summed E-state index contributed by atoms with van der Waals surface area (Å²) in [6.07, 6.45) is 3.29. The summed E-state index contributed by atoms with van der Waals surface area (Å²) in [6, 6.07) is 6.15. The first-order chi connectivity index (χ1) is 8.70. The van der Waals surface area contributed by atoms with Crippen LogP contribution in [0.25, 0.3) is 0 Å². The Hall–Kier alpha value is -0.610. The zero-order valence-electron chi connectivity index (χ0n) is 10.8. The molecule has 100 valence electrons. The normalized spacial score (nSPS) is 18.8. The molecule has 2 rings (SSSR count). The molecule has 1 heterocycles. The summed E-state index contributed by atoms with van der Waals surface area (Å²) < 4.78 is 5.39. The average Bonchev–Trinajstić information content (AvgIpc) is 2.40. The van der Waals surface area contributed by atoms with Gasteiger partial charge in [0.05, 0.1) is 0 Å². The minimum absolute atomic E-state index is 0.173. The van der Waals surface area contributed by atoms with Crippen molar-refractivity contribution in [1.29, 1.82) is 0 Å². The minimum atomic E-state index is 0.173. The van der Waals surface area contributed by atoms with Gasteiger partial charge in [0.25, 0.3) is 0 Å². The lowest BCUT2D eigenvalue weighted by Gasteiger charge is -2.27. The molecule has 1 aromatic rings. The van der Waals surface area contributed by atoms with Gasteiger partial charge in [-0.3, -0.25) is 11.3 Å². The van der Waals surface area contributed by atoms with E-state index in [1.165, 1.54) is 11.1 Å². The number of ether oxygens (including phenoxy) is 1. The number of rotatable bonds is 4. The smallest absolute Gasteiger partial charge is 0.0468 e. The fourth-order valence-electron chi connectivity index (χ4n) is 2.59. The van der Waals surface area contributed by atoms with Gasteiger partial charge in [0.2, 0.25) is 0 Å². The summed E-state index contributed by atoms with van der Waals surface area (Å²) in [4.78, 5) is 0. The zero-order chi connectivity index (χ0) is 13.0. The second-order valence-corrected chi connectivity index (χ2v) is 5.45. The second-order valence-electron chi connectivity index (χ2n) is 5.01. The fourth-order valence-corrected chi connectivity index (χ4v) is 2.77. The Balaban J connectivity index is 2.09. The molecule has 0 saturated carbocycles. The first-order valence-corrected chi connectivity index (χ1v) is 6.88. The molecule has 0 aliphatic carbocycles. The van der Waals surface area contributed by atoms with Crippen LogP contribution in [0.5, 0.6) is 0 Å². The van der Waals surface area contributed by atoms with Crippen LogP contribution >= 0.6 is 11.6 Å². The lowest BCUT2D eigenvalue weighted by molar-refractivity contribution is 0.0605. The Morgan fingerprint density at radius 1 is 1.44 bits per heavy atom. The molecule has 0 aromatic heterocycles. The van der Waals surface area contributed by atoms with Crippen molar-refractivity contribution in [3.63, 3.8) is 0 Å². The Bertz CT molecular complexity index is 391. The number of nitrogens with one attached hydrogen (secondary N) is 1. The largest absolute Gasteiger partial charge is 0.381 e. The highest BCUT2D eigenvalue weighted by molar-refractivity contribution is 6.30. The summed E-state index contributed by atoms with van der Waals surface area (Å²) >= 11 is 6.07. The molecule has 0 spiro atoms. The van der Waals surface area contributed by atoms with Gasteiger partial charge in [-0.1, -0.05) is 17.7 Å². The number of hydrazine groups is 1. The standard InChI is InChI=1S/C14H21ClN2O/c1-10-2-3-12(15)9-13(10)14(17-16)8-11-4-6-18-7-5-11/h2-3,9,11,14,17H,4-8,16H2,1H3. The monoisotopic (exact) mass is 268 g/mol. The maximum absolute atomic E-state index is 6.07. The van der Waals surface area contributed by atoms with Gasteiger partial charge in [-0.2, -0.15) is 0 Å². The van der Waals surface area contributed by atoms with E-state index in [9.17, 15) is 0 Å². The molecule has 0 amide bonds. The highest BCUT2D eigenvalue weighted by Gasteiger charge is 2.21. The summed E-state index contributed by atoms with van der Waals surface area (Å²) in [7, 11) is 0. The number of benzene rings is 1. The topological polar surface area (TPSA) is 47.3 Å². The Kier molecular flexibility index (Phi) is 5.01. The summed E-state index contributed by atoms with van der Waals surface area (Å²) in [5, 5.41) is 0.767. The van der Waals surface area contributed by atoms with Crippen LogP contribution in [0.3, 0.4) is 0 Å². The van der Waals surface area contributed by atoms with Gasteiger partial charge in [0.1, 0.15) is 0 Å². The number of aryl methyl sites for hydroxylation is 1. The maximum Gasteiger partial charge on any atom is 0.0468 e. The number of hydrogen-bond acceptors (Lipinski definition) is 3. The third-order valence-electron chi connectivity index (χ3n) is 3.73. The van der Waals surface area contributed by atoms with Crippen LogP contribution in [0.1, 0.15) is 36.4 Å². The molecule has 3 N–H and O–H groups in total. The fraction of sp³-hybridized carbons (Fsp3) is 0.571. The molecule has 0 bridgehead atoms. The maximum atomic E-state index is 6.07. The van der Waals surface area contributed by atoms with Crippen molar-refractivity contribution in [2.24, 2.45) is 11.8 Å². The van der Waals surface area contributed by atoms with Gasteiger partial charge in [0, 0.05) is 24.3 Å². The Morgan fingerprint density at radius 2 is 2.17 bits per heavy atom. The SMILES string of the molecule is Cc1ccc(Cl)cc1C(CC1CCOCC1)NN. The molecule has 18 heavy (non-hydrogen) atoms. The van der Waals surface area contributed by atoms with Gasteiger partial charge in [0.15, 0.2) is 0 Å². The van der Waals surface area contributed by atoms with E-state index >= 15 is 0 Å². The van der Waals surface area contributed by atoms with Crippen LogP contribution in [-0.2, 0) is 4.74 Å². The van der Waals surface area contributed by atoms with E-state index < -0.39 is 0 Å². The van der Waals surface area contributed by atoms with Crippen LogP contribution in [-0.4, -0.2) is 13.2 Å². The van der Waals surface area contributed by atoms with E-state index in [2.05, 4.69) is 12.3 Å². The zero-order valence-corrected chi connectivity index (χ0v) is 11.5. The molecule has 3 nitrogen and oxygen atoms in total.